The summed E-state index contributed by atoms with van der Waals surface area (Å²) in [6, 6.07) is 14.7. The van der Waals surface area contributed by atoms with Gasteiger partial charge >= 0.3 is 0 Å². The van der Waals surface area contributed by atoms with Crippen molar-refractivity contribution in [3.63, 3.8) is 0 Å². The highest BCUT2D eigenvalue weighted by Crippen LogP contribution is 2.19. The molecule has 0 saturated carbocycles. The number of hydrogen-bond acceptors (Lipinski definition) is 4. The van der Waals surface area contributed by atoms with Gasteiger partial charge in [0.15, 0.2) is 0 Å². The van der Waals surface area contributed by atoms with Crippen LogP contribution in [0.5, 0.6) is 11.5 Å². The number of anilines is 1. The summed E-state index contributed by atoms with van der Waals surface area (Å²) >= 11 is 0. The Hall–Kier alpha value is -2.79. The van der Waals surface area contributed by atoms with Crippen molar-refractivity contribution in [2.24, 2.45) is 0 Å². The minimum Gasteiger partial charge on any atom is -0.496 e. The highest BCUT2D eigenvalue weighted by atomic mass is 16.5. The van der Waals surface area contributed by atoms with Crippen LogP contribution in [0.4, 0.5) is 5.69 Å². The van der Waals surface area contributed by atoms with E-state index in [2.05, 4.69) is 5.32 Å². The van der Waals surface area contributed by atoms with Gasteiger partial charge in [0.2, 0.25) is 5.91 Å². The van der Waals surface area contributed by atoms with E-state index in [1.165, 1.54) is 6.08 Å². The molecule has 2 rings (SSSR count). The van der Waals surface area contributed by atoms with Crippen LogP contribution in [0.15, 0.2) is 54.6 Å². The van der Waals surface area contributed by atoms with Gasteiger partial charge in [-0.3, -0.25) is 4.79 Å². The van der Waals surface area contributed by atoms with Crippen molar-refractivity contribution in [1.82, 2.24) is 0 Å². The topological polar surface area (TPSA) is 56.8 Å². The van der Waals surface area contributed by atoms with Gasteiger partial charge in [0.05, 0.1) is 13.7 Å². The van der Waals surface area contributed by atoms with Crippen molar-refractivity contribution in [1.29, 1.82) is 0 Å². The van der Waals surface area contributed by atoms with Gasteiger partial charge in [-0.05, 0) is 24.3 Å². The predicted octanol–water partition coefficient (Wildman–Crippen LogP) is 3.37. The Morgan fingerprint density at radius 3 is 2.71 bits per heavy atom. The molecule has 0 atom stereocenters. The van der Waals surface area contributed by atoms with Crippen molar-refractivity contribution in [3.8, 4) is 11.5 Å². The van der Waals surface area contributed by atoms with Crippen LogP contribution in [-0.4, -0.2) is 33.3 Å². The van der Waals surface area contributed by atoms with Gasteiger partial charge in [-0.25, -0.2) is 0 Å². The summed E-state index contributed by atoms with van der Waals surface area (Å²) in [6.07, 6.45) is 3.18. The average molecular weight is 327 g/mol. The summed E-state index contributed by atoms with van der Waals surface area (Å²) < 4.78 is 15.7. The normalized spacial score (nSPS) is 10.6. The zero-order valence-electron chi connectivity index (χ0n) is 13.8. The van der Waals surface area contributed by atoms with E-state index in [9.17, 15) is 4.79 Å². The molecule has 0 aliphatic carbocycles. The highest BCUT2D eigenvalue weighted by molar-refractivity contribution is 6.02. The van der Waals surface area contributed by atoms with Gasteiger partial charge in [-0.15, -0.1) is 0 Å². The van der Waals surface area contributed by atoms with Crippen molar-refractivity contribution in [2.75, 3.05) is 32.8 Å². The molecule has 1 N–H and O–H groups in total. The summed E-state index contributed by atoms with van der Waals surface area (Å²) in [5.41, 5.74) is 1.51. The third kappa shape index (κ3) is 5.44. The zero-order chi connectivity index (χ0) is 17.2. The van der Waals surface area contributed by atoms with E-state index in [0.717, 1.165) is 11.3 Å². The molecule has 0 saturated heterocycles. The molecule has 0 unspecified atom stereocenters. The summed E-state index contributed by atoms with van der Waals surface area (Å²) in [5.74, 6) is 1.17. The molecule has 0 spiro atoms. The molecule has 0 heterocycles. The van der Waals surface area contributed by atoms with Crippen molar-refractivity contribution in [3.05, 3.63) is 60.2 Å². The van der Waals surface area contributed by atoms with Crippen LogP contribution in [-0.2, 0) is 9.53 Å². The fourth-order valence-corrected chi connectivity index (χ4v) is 2.06. The Kier molecular flexibility index (Phi) is 6.86. The minimum atomic E-state index is -0.227. The molecule has 0 radical (unpaired) electrons. The molecule has 0 aliphatic rings. The molecule has 0 aliphatic heterocycles. The third-order valence-electron chi connectivity index (χ3n) is 3.21. The van der Waals surface area contributed by atoms with Crippen LogP contribution in [0.3, 0.4) is 0 Å². The number of carbonyl (C=O) groups excluding carboxylic acids is 1. The first-order chi connectivity index (χ1) is 11.7. The molecule has 0 aromatic heterocycles. The number of rotatable bonds is 8. The van der Waals surface area contributed by atoms with Gasteiger partial charge in [0, 0.05) is 30.5 Å². The Morgan fingerprint density at radius 2 is 1.92 bits per heavy atom. The first-order valence-corrected chi connectivity index (χ1v) is 7.57. The standard InChI is InChI=1S/C19H21NO4/c1-22-12-13-24-17-8-5-7-16(14-17)20-19(21)11-10-15-6-3-4-9-18(15)23-2/h3-11,14H,12-13H2,1-2H3,(H,20,21)/b11-10+. The molecule has 2 aromatic rings. The summed E-state index contributed by atoms with van der Waals surface area (Å²) in [6.45, 7) is 0.972. The van der Waals surface area contributed by atoms with E-state index in [4.69, 9.17) is 14.2 Å². The molecule has 1 amide bonds. The first kappa shape index (κ1) is 17.6. The fraction of sp³-hybridized carbons (Fsp3) is 0.211. The summed E-state index contributed by atoms with van der Waals surface area (Å²) in [4.78, 5) is 12.1. The number of para-hydroxylation sites is 1. The third-order valence-corrected chi connectivity index (χ3v) is 3.21. The summed E-state index contributed by atoms with van der Waals surface area (Å²) in [5, 5.41) is 2.80. The number of amides is 1. The molecule has 2 aromatic carbocycles. The minimum absolute atomic E-state index is 0.227. The fourth-order valence-electron chi connectivity index (χ4n) is 2.06. The van der Waals surface area contributed by atoms with E-state index >= 15 is 0 Å². The number of nitrogens with one attached hydrogen (secondary N) is 1. The van der Waals surface area contributed by atoms with Crippen LogP contribution >= 0.6 is 0 Å². The molecule has 5 heteroatoms. The number of carbonyl (C=O) groups is 1. The zero-order valence-corrected chi connectivity index (χ0v) is 13.8. The van der Waals surface area contributed by atoms with E-state index < -0.39 is 0 Å². The largest absolute Gasteiger partial charge is 0.496 e. The van der Waals surface area contributed by atoms with Gasteiger partial charge in [0.1, 0.15) is 18.1 Å². The maximum atomic E-state index is 12.1. The van der Waals surface area contributed by atoms with Crippen LogP contribution in [0.25, 0.3) is 6.08 Å². The number of benzene rings is 2. The van der Waals surface area contributed by atoms with Gasteiger partial charge in [-0.2, -0.15) is 0 Å². The molecular formula is C19H21NO4. The van der Waals surface area contributed by atoms with Gasteiger partial charge in [-0.1, -0.05) is 24.3 Å². The Balaban J connectivity index is 1.96. The van der Waals surface area contributed by atoms with Crippen LogP contribution < -0.4 is 14.8 Å². The van der Waals surface area contributed by atoms with E-state index in [1.54, 1.807) is 32.4 Å². The van der Waals surface area contributed by atoms with Crippen LogP contribution in [0.2, 0.25) is 0 Å². The predicted molar refractivity (Wildman–Crippen MR) is 94.5 cm³/mol. The van der Waals surface area contributed by atoms with Gasteiger partial charge in [0.25, 0.3) is 0 Å². The Bertz CT molecular complexity index is 697. The molecule has 126 valence electrons. The van der Waals surface area contributed by atoms with Crippen LogP contribution in [0, 0.1) is 0 Å². The molecular weight excluding hydrogens is 306 g/mol. The second kappa shape index (κ2) is 9.37. The molecule has 0 fully saturated rings. The van der Waals surface area contributed by atoms with Gasteiger partial charge < -0.3 is 19.5 Å². The Labute approximate surface area is 141 Å². The number of methoxy groups -OCH3 is 2. The lowest BCUT2D eigenvalue weighted by Gasteiger charge is -2.08. The van der Waals surface area contributed by atoms with Crippen LogP contribution in [0.1, 0.15) is 5.56 Å². The highest BCUT2D eigenvalue weighted by Gasteiger charge is 2.02. The second-order valence-electron chi connectivity index (χ2n) is 4.93. The maximum Gasteiger partial charge on any atom is 0.248 e. The lowest BCUT2D eigenvalue weighted by Crippen LogP contribution is -2.08. The molecule has 5 nitrogen and oxygen atoms in total. The van der Waals surface area contributed by atoms with Crippen molar-refractivity contribution in [2.45, 2.75) is 0 Å². The number of ether oxygens (including phenoxy) is 3. The molecule has 24 heavy (non-hydrogen) atoms. The lowest BCUT2D eigenvalue weighted by molar-refractivity contribution is -0.111. The molecule has 0 bridgehead atoms. The maximum absolute atomic E-state index is 12.1. The SMILES string of the molecule is COCCOc1cccc(NC(=O)/C=C/c2ccccc2OC)c1. The van der Waals surface area contributed by atoms with Crippen molar-refractivity contribution < 1.29 is 19.0 Å². The number of hydrogen-bond donors (Lipinski definition) is 1. The summed E-state index contributed by atoms with van der Waals surface area (Å²) in [7, 11) is 3.22. The first-order valence-electron chi connectivity index (χ1n) is 7.57. The van der Waals surface area contributed by atoms with Crippen molar-refractivity contribution >= 4 is 17.7 Å². The lowest BCUT2D eigenvalue weighted by atomic mass is 10.2. The monoisotopic (exact) mass is 327 g/mol. The van der Waals surface area contributed by atoms with E-state index in [0.29, 0.717) is 24.7 Å². The average Bonchev–Trinajstić information content (AvgIpc) is 2.61. The van der Waals surface area contributed by atoms with E-state index in [-0.39, 0.29) is 5.91 Å². The quantitative estimate of drug-likeness (QED) is 0.596. The Morgan fingerprint density at radius 1 is 1.08 bits per heavy atom. The van der Waals surface area contributed by atoms with E-state index in [1.807, 2.05) is 36.4 Å². The second-order valence-corrected chi connectivity index (χ2v) is 4.93. The smallest absolute Gasteiger partial charge is 0.248 e.